The van der Waals surface area contributed by atoms with E-state index in [1.54, 1.807) is 24.3 Å². The van der Waals surface area contributed by atoms with Crippen LogP contribution in [0.25, 0.3) is 0 Å². The molecule has 0 saturated heterocycles. The number of carbonyl (C=O) groups excluding carboxylic acids is 1. The Hall–Kier alpha value is -3.63. The number of carbonyl (C=O) groups is 1. The minimum atomic E-state index is -0.402. The number of hydrogen-bond acceptors (Lipinski definition) is 4. The molecule has 0 spiro atoms. The molecule has 1 N–H and O–H groups in total. The Balaban J connectivity index is 1.73. The zero-order valence-corrected chi connectivity index (χ0v) is 14.9. The fourth-order valence-corrected chi connectivity index (χ4v) is 2.01. The van der Waals surface area contributed by atoms with Crippen LogP contribution in [0.2, 0.25) is 0 Å². The number of phenolic OH excluding ortho intramolecular Hbond substituents is 1. The Morgan fingerprint density at radius 3 is 2.07 bits per heavy atom. The zero-order valence-electron chi connectivity index (χ0n) is 14.9. The summed E-state index contributed by atoms with van der Waals surface area (Å²) in [6, 6.07) is 14.1. The third-order valence-corrected chi connectivity index (χ3v) is 3.42. The minimum Gasteiger partial charge on any atom is -0.508 e. The highest BCUT2D eigenvalue weighted by Gasteiger charge is 1.97. The third-order valence-electron chi connectivity index (χ3n) is 3.42. The summed E-state index contributed by atoms with van der Waals surface area (Å²) in [5.41, 5.74) is 1.64. The summed E-state index contributed by atoms with van der Waals surface area (Å²) in [7, 11) is 0. The normalized spacial score (nSPS) is 9.19. The molecular formula is C23H20O4. The fourth-order valence-electron chi connectivity index (χ4n) is 2.01. The van der Waals surface area contributed by atoms with Gasteiger partial charge in [0.1, 0.15) is 11.5 Å². The van der Waals surface area contributed by atoms with Crippen LogP contribution in [0.4, 0.5) is 0 Å². The summed E-state index contributed by atoms with van der Waals surface area (Å²) in [6.45, 7) is 4.26. The molecule has 0 radical (unpaired) electrons. The molecule has 0 saturated carbocycles. The van der Waals surface area contributed by atoms with Crippen molar-refractivity contribution >= 4 is 5.97 Å². The van der Waals surface area contributed by atoms with Crippen molar-refractivity contribution in [2.45, 2.75) is 12.8 Å². The molecule has 0 amide bonds. The number of ether oxygens (including phenoxy) is 2. The smallest absolute Gasteiger partial charge is 0.330 e. The highest BCUT2D eigenvalue weighted by Crippen LogP contribution is 2.12. The van der Waals surface area contributed by atoms with Crippen molar-refractivity contribution in [1.82, 2.24) is 0 Å². The van der Waals surface area contributed by atoms with E-state index in [1.165, 1.54) is 0 Å². The van der Waals surface area contributed by atoms with E-state index in [0.29, 0.717) is 13.2 Å². The van der Waals surface area contributed by atoms with E-state index in [0.717, 1.165) is 35.8 Å². The molecule has 0 aliphatic rings. The van der Waals surface area contributed by atoms with Gasteiger partial charge in [0.15, 0.2) is 0 Å². The van der Waals surface area contributed by atoms with Crippen molar-refractivity contribution in [3.63, 3.8) is 0 Å². The van der Waals surface area contributed by atoms with Gasteiger partial charge >= 0.3 is 5.97 Å². The number of aromatic hydroxyl groups is 1. The third kappa shape index (κ3) is 7.86. The Morgan fingerprint density at radius 1 is 0.926 bits per heavy atom. The molecule has 0 fully saturated rings. The lowest BCUT2D eigenvalue weighted by atomic mass is 10.2. The number of rotatable bonds is 7. The second-order valence-corrected chi connectivity index (χ2v) is 5.50. The van der Waals surface area contributed by atoms with E-state index < -0.39 is 5.97 Å². The van der Waals surface area contributed by atoms with Gasteiger partial charge in [-0.15, -0.1) is 0 Å². The summed E-state index contributed by atoms with van der Waals surface area (Å²) in [6.07, 6.45) is 2.68. The van der Waals surface area contributed by atoms with Gasteiger partial charge in [0.2, 0.25) is 0 Å². The minimum absolute atomic E-state index is 0.213. The average molecular weight is 360 g/mol. The topological polar surface area (TPSA) is 55.8 Å². The molecule has 0 unspecified atom stereocenters. The van der Waals surface area contributed by atoms with Crippen molar-refractivity contribution in [2.24, 2.45) is 0 Å². The van der Waals surface area contributed by atoms with Crippen LogP contribution in [0.3, 0.4) is 0 Å². The summed E-state index contributed by atoms with van der Waals surface area (Å²) >= 11 is 0. The Morgan fingerprint density at radius 2 is 1.48 bits per heavy atom. The molecule has 4 nitrogen and oxygen atoms in total. The van der Waals surface area contributed by atoms with Crippen molar-refractivity contribution < 1.29 is 19.4 Å². The maximum Gasteiger partial charge on any atom is 0.330 e. The Bertz CT molecular complexity index is 872. The maximum absolute atomic E-state index is 10.9. The number of hydrogen-bond donors (Lipinski definition) is 1. The van der Waals surface area contributed by atoms with Crippen LogP contribution >= 0.6 is 0 Å². The predicted molar refractivity (Wildman–Crippen MR) is 104 cm³/mol. The van der Waals surface area contributed by atoms with Gasteiger partial charge < -0.3 is 14.6 Å². The van der Waals surface area contributed by atoms with Gasteiger partial charge in [0, 0.05) is 17.2 Å². The van der Waals surface area contributed by atoms with Crippen LogP contribution in [0.1, 0.15) is 24.0 Å². The summed E-state index contributed by atoms with van der Waals surface area (Å²) < 4.78 is 10.5. The molecule has 27 heavy (non-hydrogen) atoms. The van der Waals surface area contributed by atoms with Gasteiger partial charge in [0.25, 0.3) is 0 Å². The molecule has 0 bridgehead atoms. The highest BCUT2D eigenvalue weighted by atomic mass is 16.5. The van der Waals surface area contributed by atoms with Crippen LogP contribution in [0.5, 0.6) is 11.5 Å². The molecule has 136 valence electrons. The SMILES string of the molecule is C=CC(=O)OCCCCOc1ccc(C#CC#Cc2ccc(O)cc2)cc1. The first-order chi connectivity index (χ1) is 13.2. The maximum atomic E-state index is 10.9. The number of unbranched alkanes of at least 4 members (excludes halogenated alkanes) is 1. The van der Waals surface area contributed by atoms with Crippen molar-refractivity contribution in [3.8, 4) is 35.2 Å². The highest BCUT2D eigenvalue weighted by molar-refractivity contribution is 5.81. The van der Waals surface area contributed by atoms with E-state index in [1.807, 2.05) is 24.3 Å². The monoisotopic (exact) mass is 360 g/mol. The van der Waals surface area contributed by atoms with Crippen molar-refractivity contribution in [1.29, 1.82) is 0 Å². The second-order valence-electron chi connectivity index (χ2n) is 5.50. The first kappa shape index (κ1) is 19.7. The summed E-state index contributed by atoms with van der Waals surface area (Å²) in [4.78, 5) is 10.9. The zero-order chi connectivity index (χ0) is 19.3. The van der Waals surface area contributed by atoms with E-state index in [-0.39, 0.29) is 5.75 Å². The Kier molecular flexibility index (Phi) is 8.08. The number of phenols is 1. The molecule has 2 rings (SSSR count). The van der Waals surface area contributed by atoms with Gasteiger partial charge in [0.05, 0.1) is 13.2 Å². The fraction of sp³-hybridized carbons (Fsp3) is 0.174. The average Bonchev–Trinajstić information content (AvgIpc) is 2.70. The lowest BCUT2D eigenvalue weighted by Crippen LogP contribution is -2.04. The molecule has 0 aliphatic carbocycles. The van der Waals surface area contributed by atoms with Gasteiger partial charge in [-0.2, -0.15) is 0 Å². The first-order valence-corrected chi connectivity index (χ1v) is 8.50. The van der Waals surface area contributed by atoms with Crippen LogP contribution in [-0.4, -0.2) is 24.3 Å². The quantitative estimate of drug-likeness (QED) is 0.354. The van der Waals surface area contributed by atoms with Crippen LogP contribution in [0, 0.1) is 23.7 Å². The van der Waals surface area contributed by atoms with E-state index in [2.05, 4.69) is 30.3 Å². The summed E-state index contributed by atoms with van der Waals surface area (Å²) in [5.74, 6) is 12.0. The molecule has 2 aromatic rings. The van der Waals surface area contributed by atoms with E-state index in [9.17, 15) is 9.90 Å². The first-order valence-electron chi connectivity index (χ1n) is 8.50. The van der Waals surface area contributed by atoms with Crippen LogP contribution in [-0.2, 0) is 9.53 Å². The van der Waals surface area contributed by atoms with Crippen LogP contribution in [0.15, 0.2) is 61.2 Å². The van der Waals surface area contributed by atoms with Gasteiger partial charge in [-0.1, -0.05) is 18.4 Å². The van der Waals surface area contributed by atoms with Crippen molar-refractivity contribution in [2.75, 3.05) is 13.2 Å². The van der Waals surface area contributed by atoms with Crippen molar-refractivity contribution in [3.05, 3.63) is 72.3 Å². The summed E-state index contributed by atoms with van der Waals surface area (Å²) in [5, 5.41) is 9.21. The lowest BCUT2D eigenvalue weighted by Gasteiger charge is -2.06. The van der Waals surface area contributed by atoms with E-state index >= 15 is 0 Å². The molecule has 4 heteroatoms. The molecule has 0 aromatic heterocycles. The number of benzene rings is 2. The molecule has 0 atom stereocenters. The molecular weight excluding hydrogens is 340 g/mol. The Labute approximate surface area is 159 Å². The molecule has 2 aromatic carbocycles. The van der Waals surface area contributed by atoms with Gasteiger partial charge in [-0.3, -0.25) is 0 Å². The van der Waals surface area contributed by atoms with Gasteiger partial charge in [-0.25, -0.2) is 4.79 Å². The van der Waals surface area contributed by atoms with Gasteiger partial charge in [-0.05, 0) is 73.2 Å². The predicted octanol–water partition coefficient (Wildman–Crippen LogP) is 3.68. The van der Waals surface area contributed by atoms with E-state index in [4.69, 9.17) is 9.47 Å². The van der Waals surface area contributed by atoms with Crippen LogP contribution < -0.4 is 4.74 Å². The molecule has 0 heterocycles. The number of esters is 1. The second kappa shape index (κ2) is 11.1. The standard InChI is InChI=1S/C23H20O4/c1-2-23(25)27-18-6-5-17-26-22-15-11-20(12-16-22)8-4-3-7-19-9-13-21(24)14-10-19/h2,9-16,24H,1,5-6,17-18H2. The largest absolute Gasteiger partial charge is 0.508 e. The lowest BCUT2D eigenvalue weighted by molar-refractivity contribution is -0.137. The molecule has 0 aliphatic heterocycles.